The van der Waals surface area contributed by atoms with Crippen LogP contribution < -0.4 is 11.1 Å². The van der Waals surface area contributed by atoms with Gasteiger partial charge in [0.1, 0.15) is 6.54 Å². The molecule has 0 aliphatic heterocycles. The topological polar surface area (TPSA) is 89.3 Å². The highest BCUT2D eigenvalue weighted by atomic mass is 127. The molecule has 0 spiro atoms. The fourth-order valence-electron chi connectivity index (χ4n) is 0.962. The minimum atomic E-state index is 0. The standard InChI is InChI=1S/C9H17N5O.HI/c1-4-6(2)12-9(10)11-5-8-13-7(3)15-14-8;/h6H,4-5H2,1-3H3,(H3,10,11,12);1H. The molecule has 0 aliphatic carbocycles. The van der Waals surface area contributed by atoms with Gasteiger partial charge in [-0.1, -0.05) is 12.1 Å². The van der Waals surface area contributed by atoms with Crippen molar-refractivity contribution in [2.75, 3.05) is 0 Å². The molecule has 0 radical (unpaired) electrons. The number of aromatic nitrogens is 2. The number of hydrogen-bond donors (Lipinski definition) is 2. The Balaban J connectivity index is 0.00000225. The number of hydrogen-bond acceptors (Lipinski definition) is 4. The maximum Gasteiger partial charge on any atom is 0.223 e. The van der Waals surface area contributed by atoms with Crippen LogP contribution in [0.2, 0.25) is 0 Å². The van der Waals surface area contributed by atoms with E-state index >= 15 is 0 Å². The van der Waals surface area contributed by atoms with E-state index in [9.17, 15) is 0 Å². The van der Waals surface area contributed by atoms with Crippen molar-refractivity contribution in [3.63, 3.8) is 0 Å². The number of aryl methyl sites for hydroxylation is 1. The molecule has 1 heterocycles. The van der Waals surface area contributed by atoms with E-state index in [0.29, 0.717) is 30.3 Å². The van der Waals surface area contributed by atoms with E-state index in [1.54, 1.807) is 6.92 Å². The number of nitrogens with zero attached hydrogens (tertiary/aromatic N) is 3. The molecule has 0 aliphatic rings. The summed E-state index contributed by atoms with van der Waals surface area (Å²) in [5.74, 6) is 1.49. The van der Waals surface area contributed by atoms with Crippen molar-refractivity contribution in [2.24, 2.45) is 10.7 Å². The normalized spacial score (nSPS) is 13.1. The fraction of sp³-hybridized carbons (Fsp3) is 0.667. The van der Waals surface area contributed by atoms with Crippen LogP contribution in [0.15, 0.2) is 9.52 Å². The average molecular weight is 339 g/mol. The predicted octanol–water partition coefficient (Wildman–Crippen LogP) is 1.20. The molecule has 0 fully saturated rings. The molecule has 1 rings (SSSR count). The minimum Gasteiger partial charge on any atom is -0.370 e. The molecule has 1 unspecified atom stereocenters. The van der Waals surface area contributed by atoms with Gasteiger partial charge in [0.2, 0.25) is 5.89 Å². The van der Waals surface area contributed by atoms with Crippen LogP contribution in [0.25, 0.3) is 0 Å². The summed E-state index contributed by atoms with van der Waals surface area (Å²) >= 11 is 0. The zero-order chi connectivity index (χ0) is 11.3. The molecule has 6 nitrogen and oxygen atoms in total. The lowest BCUT2D eigenvalue weighted by atomic mass is 10.3. The Morgan fingerprint density at radius 3 is 2.81 bits per heavy atom. The lowest BCUT2D eigenvalue weighted by Crippen LogP contribution is -2.38. The van der Waals surface area contributed by atoms with Crippen LogP contribution in [0.4, 0.5) is 0 Å². The summed E-state index contributed by atoms with van der Waals surface area (Å²) in [7, 11) is 0. The van der Waals surface area contributed by atoms with Gasteiger partial charge in [-0.3, -0.25) is 0 Å². The molecule has 0 amide bonds. The van der Waals surface area contributed by atoms with Gasteiger partial charge in [-0.2, -0.15) is 4.98 Å². The second kappa shape index (κ2) is 7.42. The minimum absolute atomic E-state index is 0. The molecule has 7 heteroatoms. The van der Waals surface area contributed by atoms with E-state index in [2.05, 4.69) is 27.4 Å². The van der Waals surface area contributed by atoms with Crippen molar-refractivity contribution < 1.29 is 4.52 Å². The number of nitrogens with one attached hydrogen (secondary N) is 1. The molecule has 92 valence electrons. The van der Waals surface area contributed by atoms with Gasteiger partial charge in [-0.15, -0.1) is 24.0 Å². The lowest BCUT2D eigenvalue weighted by Gasteiger charge is -2.10. The molecule has 1 atom stereocenters. The van der Waals surface area contributed by atoms with Gasteiger partial charge in [0.05, 0.1) is 0 Å². The summed E-state index contributed by atoms with van der Waals surface area (Å²) < 4.78 is 4.81. The van der Waals surface area contributed by atoms with Crippen LogP contribution in [0.1, 0.15) is 32.0 Å². The first-order valence-corrected chi connectivity index (χ1v) is 4.97. The first-order chi connectivity index (χ1) is 7.11. The van der Waals surface area contributed by atoms with E-state index < -0.39 is 0 Å². The van der Waals surface area contributed by atoms with Crippen molar-refractivity contribution in [1.29, 1.82) is 0 Å². The second-order valence-corrected chi connectivity index (χ2v) is 3.38. The summed E-state index contributed by atoms with van der Waals surface area (Å²) in [6.07, 6.45) is 0.998. The van der Waals surface area contributed by atoms with E-state index in [1.807, 2.05) is 6.92 Å². The smallest absolute Gasteiger partial charge is 0.223 e. The van der Waals surface area contributed by atoms with E-state index in [-0.39, 0.29) is 24.0 Å². The number of halogens is 1. The van der Waals surface area contributed by atoms with Crippen LogP contribution in [0, 0.1) is 6.92 Å². The summed E-state index contributed by atoms with van der Waals surface area (Å²) in [5.41, 5.74) is 5.66. The number of aliphatic imine (C=N–C) groups is 1. The maximum atomic E-state index is 5.66. The molecule has 0 saturated heterocycles. The second-order valence-electron chi connectivity index (χ2n) is 3.38. The van der Waals surface area contributed by atoms with Gasteiger partial charge >= 0.3 is 0 Å². The molecule has 0 aromatic carbocycles. The largest absolute Gasteiger partial charge is 0.370 e. The van der Waals surface area contributed by atoms with Crippen LogP contribution in [-0.2, 0) is 6.54 Å². The molecule has 1 aromatic rings. The molecule has 16 heavy (non-hydrogen) atoms. The Morgan fingerprint density at radius 1 is 1.62 bits per heavy atom. The lowest BCUT2D eigenvalue weighted by molar-refractivity contribution is 0.387. The Morgan fingerprint density at radius 2 is 2.31 bits per heavy atom. The zero-order valence-electron chi connectivity index (χ0n) is 9.73. The van der Waals surface area contributed by atoms with Crippen molar-refractivity contribution in [3.05, 3.63) is 11.7 Å². The van der Waals surface area contributed by atoms with Crippen LogP contribution in [0.3, 0.4) is 0 Å². The van der Waals surface area contributed by atoms with Gasteiger partial charge < -0.3 is 15.6 Å². The molecular formula is C9H18IN5O. The maximum absolute atomic E-state index is 5.66. The fourth-order valence-corrected chi connectivity index (χ4v) is 0.962. The summed E-state index contributed by atoms with van der Waals surface area (Å²) in [6, 6.07) is 0.320. The Hall–Kier alpha value is -0.860. The third-order valence-electron chi connectivity index (χ3n) is 1.97. The molecule has 0 bridgehead atoms. The molecule has 3 N–H and O–H groups in total. The summed E-state index contributed by atoms with van der Waals surface area (Å²) in [5, 5.41) is 6.76. The monoisotopic (exact) mass is 339 g/mol. The van der Waals surface area contributed by atoms with E-state index in [4.69, 9.17) is 10.3 Å². The van der Waals surface area contributed by atoms with E-state index in [1.165, 1.54) is 0 Å². The van der Waals surface area contributed by atoms with E-state index in [0.717, 1.165) is 6.42 Å². The predicted molar refractivity (Wildman–Crippen MR) is 72.7 cm³/mol. The first-order valence-electron chi connectivity index (χ1n) is 4.97. The third kappa shape index (κ3) is 5.29. The van der Waals surface area contributed by atoms with Gasteiger partial charge in [-0.25, -0.2) is 4.99 Å². The quantitative estimate of drug-likeness (QED) is 0.489. The van der Waals surface area contributed by atoms with Crippen molar-refractivity contribution in [2.45, 2.75) is 39.8 Å². The van der Waals surface area contributed by atoms with Crippen LogP contribution in [0.5, 0.6) is 0 Å². The first kappa shape index (κ1) is 15.1. The SMILES string of the molecule is CCC(C)NC(N)=NCc1noc(C)n1.I. The number of guanidine groups is 1. The van der Waals surface area contributed by atoms with Crippen LogP contribution in [-0.4, -0.2) is 22.1 Å². The average Bonchev–Trinajstić information content (AvgIpc) is 2.61. The zero-order valence-corrected chi connectivity index (χ0v) is 12.1. The summed E-state index contributed by atoms with van der Waals surface area (Å²) in [6.45, 7) is 6.20. The Kier molecular flexibility index (Phi) is 7.02. The van der Waals surface area contributed by atoms with Gasteiger partial charge in [-0.05, 0) is 13.3 Å². The van der Waals surface area contributed by atoms with Crippen molar-refractivity contribution in [1.82, 2.24) is 15.5 Å². The van der Waals surface area contributed by atoms with Crippen molar-refractivity contribution in [3.8, 4) is 0 Å². The highest BCUT2D eigenvalue weighted by Gasteiger charge is 2.02. The van der Waals surface area contributed by atoms with Gasteiger partial charge in [0, 0.05) is 13.0 Å². The number of nitrogens with two attached hydrogens (primary N) is 1. The highest BCUT2D eigenvalue weighted by molar-refractivity contribution is 14.0. The number of rotatable bonds is 4. The van der Waals surface area contributed by atoms with Crippen molar-refractivity contribution >= 4 is 29.9 Å². The third-order valence-corrected chi connectivity index (χ3v) is 1.97. The summed E-state index contributed by atoms with van der Waals surface area (Å²) in [4.78, 5) is 8.11. The van der Waals surface area contributed by atoms with Gasteiger partial charge in [0.15, 0.2) is 11.8 Å². The molecule has 1 aromatic heterocycles. The molecular weight excluding hydrogens is 321 g/mol. The Labute approximate surface area is 112 Å². The van der Waals surface area contributed by atoms with Crippen LogP contribution >= 0.6 is 24.0 Å². The molecule has 0 saturated carbocycles. The Bertz CT molecular complexity index is 338. The van der Waals surface area contributed by atoms with Gasteiger partial charge in [0.25, 0.3) is 0 Å². The highest BCUT2D eigenvalue weighted by Crippen LogP contribution is 1.96.